The first-order chi connectivity index (χ1) is 16.1. The predicted molar refractivity (Wildman–Crippen MR) is 128 cm³/mol. The van der Waals surface area contributed by atoms with E-state index < -0.39 is 12.1 Å². The van der Waals surface area contributed by atoms with Crippen molar-refractivity contribution in [1.82, 2.24) is 0 Å². The summed E-state index contributed by atoms with van der Waals surface area (Å²) in [4.78, 5) is 12.4. The lowest BCUT2D eigenvalue weighted by Gasteiger charge is -2.21. The third-order valence-electron chi connectivity index (χ3n) is 5.52. The van der Waals surface area contributed by atoms with Crippen LogP contribution in [0.3, 0.4) is 0 Å². The molecule has 33 heavy (non-hydrogen) atoms. The van der Waals surface area contributed by atoms with Crippen molar-refractivity contribution in [1.29, 1.82) is 0 Å². The molecule has 0 spiro atoms. The Morgan fingerprint density at radius 3 is 2.12 bits per heavy atom. The minimum absolute atomic E-state index is 0.244. The topological polar surface area (TPSA) is 44.8 Å². The van der Waals surface area contributed by atoms with Gasteiger partial charge in [-0.25, -0.2) is 4.79 Å². The number of ether oxygens (including phenoxy) is 3. The predicted octanol–water partition coefficient (Wildman–Crippen LogP) is 5.37. The molecule has 0 fully saturated rings. The lowest BCUT2D eigenvalue weighted by molar-refractivity contribution is -0.137. The van der Waals surface area contributed by atoms with Gasteiger partial charge in [0.1, 0.15) is 17.6 Å². The zero-order valence-corrected chi connectivity index (χ0v) is 18.6. The van der Waals surface area contributed by atoms with Gasteiger partial charge in [0.15, 0.2) is 0 Å². The second-order valence-electron chi connectivity index (χ2n) is 7.53. The van der Waals surface area contributed by atoms with Crippen molar-refractivity contribution < 1.29 is 19.0 Å². The zero-order valence-electron chi connectivity index (χ0n) is 18.6. The van der Waals surface area contributed by atoms with Crippen LogP contribution in [0.15, 0.2) is 103 Å². The highest BCUT2D eigenvalue weighted by Crippen LogP contribution is 2.45. The number of esters is 1. The van der Waals surface area contributed by atoms with Gasteiger partial charge in [0, 0.05) is 11.1 Å². The minimum atomic E-state index is -0.642. The number of methoxy groups -OCH3 is 2. The molecule has 164 valence electrons. The summed E-state index contributed by atoms with van der Waals surface area (Å²) in [6.45, 7) is 4.00. The summed E-state index contributed by atoms with van der Waals surface area (Å²) in [5, 5.41) is 0. The SMILES string of the molecule is C=C(C(=O)OC)[C@H]1OC(c2ccc(OC)cc2)=C(C#Cc2ccccc2)[C@@H]1c1ccccc1. The van der Waals surface area contributed by atoms with Gasteiger partial charge >= 0.3 is 5.97 Å². The van der Waals surface area contributed by atoms with E-state index in [-0.39, 0.29) is 11.5 Å². The van der Waals surface area contributed by atoms with Gasteiger partial charge in [0.05, 0.1) is 31.3 Å². The van der Waals surface area contributed by atoms with Crippen LogP contribution in [0.5, 0.6) is 5.75 Å². The molecule has 0 aliphatic carbocycles. The molecule has 0 amide bonds. The number of carbonyl (C=O) groups excluding carboxylic acids is 1. The van der Waals surface area contributed by atoms with E-state index in [9.17, 15) is 4.79 Å². The molecule has 1 aliphatic rings. The van der Waals surface area contributed by atoms with Crippen molar-refractivity contribution in [2.24, 2.45) is 0 Å². The average molecular weight is 437 g/mol. The highest BCUT2D eigenvalue weighted by Gasteiger charge is 2.41. The summed E-state index contributed by atoms with van der Waals surface area (Å²) in [6.07, 6.45) is -0.642. The lowest BCUT2D eigenvalue weighted by atomic mass is 9.84. The number of rotatable bonds is 5. The van der Waals surface area contributed by atoms with Gasteiger partial charge in [-0.3, -0.25) is 0 Å². The van der Waals surface area contributed by atoms with Gasteiger partial charge < -0.3 is 14.2 Å². The Hall–Kier alpha value is -4.23. The number of carbonyl (C=O) groups is 1. The molecule has 0 aromatic heterocycles. The Morgan fingerprint density at radius 2 is 1.52 bits per heavy atom. The van der Waals surface area contributed by atoms with Crippen LogP contribution in [0.2, 0.25) is 0 Å². The fourth-order valence-electron chi connectivity index (χ4n) is 3.83. The lowest BCUT2D eigenvalue weighted by Crippen LogP contribution is -2.24. The first kappa shape index (κ1) is 22.0. The molecule has 3 aromatic carbocycles. The van der Waals surface area contributed by atoms with Crippen LogP contribution in [0.4, 0.5) is 0 Å². The average Bonchev–Trinajstić information content (AvgIpc) is 3.27. The van der Waals surface area contributed by atoms with Crippen molar-refractivity contribution in [3.63, 3.8) is 0 Å². The molecule has 4 rings (SSSR count). The number of benzene rings is 3. The maximum Gasteiger partial charge on any atom is 0.336 e. The first-order valence-corrected chi connectivity index (χ1v) is 10.6. The molecule has 1 aliphatic heterocycles. The molecule has 4 heteroatoms. The fraction of sp³-hybridized carbons (Fsp3) is 0.138. The normalized spacial score (nSPS) is 16.9. The summed E-state index contributed by atoms with van der Waals surface area (Å²) < 4.78 is 16.7. The number of hydrogen-bond acceptors (Lipinski definition) is 4. The Bertz CT molecular complexity index is 1230. The Kier molecular flexibility index (Phi) is 6.61. The summed E-state index contributed by atoms with van der Waals surface area (Å²) in [7, 11) is 2.97. The van der Waals surface area contributed by atoms with E-state index in [1.54, 1.807) is 7.11 Å². The largest absolute Gasteiger partial charge is 0.497 e. The highest BCUT2D eigenvalue weighted by atomic mass is 16.5. The van der Waals surface area contributed by atoms with Gasteiger partial charge in [-0.05, 0) is 42.0 Å². The van der Waals surface area contributed by atoms with Gasteiger partial charge in [-0.1, -0.05) is 67.0 Å². The van der Waals surface area contributed by atoms with Crippen molar-refractivity contribution in [3.8, 4) is 17.6 Å². The third kappa shape index (κ3) is 4.68. The maximum atomic E-state index is 12.4. The standard InChI is InChI=1S/C29H24O4/c1-20(29(30)32-3)27-26(22-12-8-5-9-13-22)25(19-14-21-10-6-4-7-11-21)28(33-27)23-15-17-24(31-2)18-16-23/h4-13,15-18,26-27H,1H2,2-3H3/t26-,27+/m0/s1. The van der Waals surface area contributed by atoms with E-state index in [4.69, 9.17) is 14.2 Å². The van der Waals surface area contributed by atoms with Crippen molar-refractivity contribution in [3.05, 3.63) is 119 Å². The van der Waals surface area contributed by atoms with E-state index >= 15 is 0 Å². The van der Waals surface area contributed by atoms with E-state index in [1.165, 1.54) is 7.11 Å². The second kappa shape index (κ2) is 9.93. The molecule has 0 N–H and O–H groups in total. The van der Waals surface area contributed by atoms with Crippen molar-refractivity contribution >= 4 is 11.7 Å². The first-order valence-electron chi connectivity index (χ1n) is 10.6. The summed E-state index contributed by atoms with van der Waals surface area (Å²) in [5.41, 5.74) is 3.74. The highest BCUT2D eigenvalue weighted by molar-refractivity contribution is 5.90. The van der Waals surface area contributed by atoms with Crippen LogP contribution in [-0.4, -0.2) is 26.3 Å². The van der Waals surface area contributed by atoms with E-state index in [0.29, 0.717) is 5.76 Å². The molecule has 2 atom stereocenters. The van der Waals surface area contributed by atoms with E-state index in [1.807, 2.05) is 84.9 Å². The molecular weight excluding hydrogens is 412 g/mol. The molecule has 0 radical (unpaired) electrons. The van der Waals surface area contributed by atoms with Crippen LogP contribution < -0.4 is 4.74 Å². The summed E-state index contributed by atoms with van der Waals surface area (Å²) in [5.74, 6) is 7.13. The third-order valence-corrected chi connectivity index (χ3v) is 5.52. The molecule has 3 aromatic rings. The molecule has 0 saturated heterocycles. The van der Waals surface area contributed by atoms with E-state index in [0.717, 1.165) is 28.0 Å². The summed E-state index contributed by atoms with van der Waals surface area (Å²) in [6, 6.07) is 27.2. The quantitative estimate of drug-likeness (QED) is 0.306. The van der Waals surface area contributed by atoms with Crippen molar-refractivity contribution in [2.75, 3.05) is 14.2 Å². The summed E-state index contributed by atoms with van der Waals surface area (Å²) >= 11 is 0. The van der Waals surface area contributed by atoms with Gasteiger partial charge in [0.25, 0.3) is 0 Å². The molecule has 0 bridgehead atoms. The molecule has 4 nitrogen and oxygen atoms in total. The Labute approximate surface area is 194 Å². The molecule has 0 saturated carbocycles. The second-order valence-corrected chi connectivity index (χ2v) is 7.53. The Balaban J connectivity index is 1.88. The van der Waals surface area contributed by atoms with Gasteiger partial charge in [-0.15, -0.1) is 0 Å². The minimum Gasteiger partial charge on any atom is -0.497 e. The zero-order chi connectivity index (χ0) is 23.2. The molecule has 1 heterocycles. The molecule has 0 unspecified atom stereocenters. The Morgan fingerprint density at radius 1 is 0.879 bits per heavy atom. The van der Waals surface area contributed by atoms with Crippen LogP contribution in [0.25, 0.3) is 5.76 Å². The molecular formula is C29H24O4. The fourth-order valence-corrected chi connectivity index (χ4v) is 3.83. The van der Waals surface area contributed by atoms with Gasteiger partial charge in [-0.2, -0.15) is 0 Å². The van der Waals surface area contributed by atoms with Crippen LogP contribution >= 0.6 is 0 Å². The van der Waals surface area contributed by atoms with Crippen molar-refractivity contribution in [2.45, 2.75) is 12.0 Å². The van der Waals surface area contributed by atoms with E-state index in [2.05, 4.69) is 18.4 Å². The van der Waals surface area contributed by atoms with Crippen LogP contribution in [0.1, 0.15) is 22.6 Å². The number of hydrogen-bond donors (Lipinski definition) is 0. The maximum absolute atomic E-state index is 12.4. The smallest absolute Gasteiger partial charge is 0.336 e. The monoisotopic (exact) mass is 436 g/mol. The van der Waals surface area contributed by atoms with Crippen LogP contribution in [-0.2, 0) is 14.3 Å². The van der Waals surface area contributed by atoms with Gasteiger partial charge in [0.2, 0.25) is 0 Å². The van der Waals surface area contributed by atoms with Crippen LogP contribution in [0, 0.1) is 11.8 Å².